The third kappa shape index (κ3) is 8.74. The zero-order chi connectivity index (χ0) is 15.8. The van der Waals surface area contributed by atoms with E-state index in [1.165, 1.54) is 4.90 Å². The lowest BCUT2D eigenvalue weighted by Crippen LogP contribution is -2.42. The molecular formula is C14H29N3O3. The number of hydrogen-bond donors (Lipinski definition) is 1. The van der Waals surface area contributed by atoms with Gasteiger partial charge in [-0.05, 0) is 46.1 Å². The van der Waals surface area contributed by atoms with E-state index in [-0.39, 0.29) is 6.09 Å². The van der Waals surface area contributed by atoms with E-state index >= 15 is 0 Å². The number of nitrogens with zero attached hydrogens (tertiary/aromatic N) is 2. The van der Waals surface area contributed by atoms with Crippen LogP contribution in [0.15, 0.2) is 0 Å². The maximum absolute atomic E-state index is 11.7. The van der Waals surface area contributed by atoms with Gasteiger partial charge in [-0.1, -0.05) is 0 Å². The molecule has 1 heterocycles. The van der Waals surface area contributed by atoms with Crippen LogP contribution >= 0.6 is 0 Å². The van der Waals surface area contributed by atoms with Crippen LogP contribution in [0.25, 0.3) is 0 Å². The minimum atomic E-state index is -0.401. The molecule has 0 aromatic rings. The van der Waals surface area contributed by atoms with Crippen molar-refractivity contribution in [3.05, 3.63) is 0 Å². The normalized spacial score (nSPS) is 16.0. The van der Waals surface area contributed by atoms with Gasteiger partial charge in [0, 0.05) is 27.2 Å². The van der Waals surface area contributed by atoms with E-state index in [1.54, 1.807) is 19.0 Å². The smallest absolute Gasteiger partial charge is 0.410 e. The van der Waals surface area contributed by atoms with Crippen molar-refractivity contribution in [3.63, 3.8) is 0 Å². The van der Waals surface area contributed by atoms with Gasteiger partial charge in [-0.25, -0.2) is 4.79 Å². The predicted octanol–water partition coefficient (Wildman–Crippen LogP) is 1.30. The summed E-state index contributed by atoms with van der Waals surface area (Å²) in [6.07, 6.45) is 2.55. The highest BCUT2D eigenvalue weighted by atomic mass is 16.6. The first-order chi connectivity index (χ1) is 9.19. The summed E-state index contributed by atoms with van der Waals surface area (Å²) in [5, 5.41) is 0. The second kappa shape index (κ2) is 8.79. The highest BCUT2D eigenvalue weighted by Crippen LogP contribution is 2.18. The lowest BCUT2D eigenvalue weighted by Gasteiger charge is -2.32. The Morgan fingerprint density at radius 3 is 2.10 bits per heavy atom. The van der Waals surface area contributed by atoms with Gasteiger partial charge in [0.2, 0.25) is 6.41 Å². The molecule has 0 aromatic heterocycles. The van der Waals surface area contributed by atoms with E-state index in [4.69, 9.17) is 10.5 Å². The lowest BCUT2D eigenvalue weighted by molar-refractivity contribution is -0.115. The molecule has 6 heteroatoms. The molecule has 0 atom stereocenters. The van der Waals surface area contributed by atoms with Gasteiger partial charge < -0.3 is 20.3 Å². The molecule has 1 aliphatic rings. The van der Waals surface area contributed by atoms with Gasteiger partial charge in [-0.15, -0.1) is 0 Å². The molecule has 20 heavy (non-hydrogen) atoms. The second-order valence-corrected chi connectivity index (χ2v) is 6.22. The van der Waals surface area contributed by atoms with Gasteiger partial charge in [0.1, 0.15) is 5.60 Å². The Balaban J connectivity index is 0.000000621. The van der Waals surface area contributed by atoms with E-state index in [0.29, 0.717) is 5.92 Å². The van der Waals surface area contributed by atoms with E-state index in [9.17, 15) is 9.59 Å². The third-order valence-electron chi connectivity index (χ3n) is 2.81. The number of hydrogen-bond acceptors (Lipinski definition) is 4. The maximum atomic E-state index is 11.7. The Hall–Kier alpha value is -1.30. The zero-order valence-corrected chi connectivity index (χ0v) is 13.4. The summed E-state index contributed by atoms with van der Waals surface area (Å²) in [4.78, 5) is 24.3. The molecule has 2 amide bonds. The summed E-state index contributed by atoms with van der Waals surface area (Å²) in [7, 11) is 3.38. The van der Waals surface area contributed by atoms with Crippen LogP contribution in [0.4, 0.5) is 4.79 Å². The Morgan fingerprint density at radius 1 is 1.35 bits per heavy atom. The molecule has 1 fully saturated rings. The van der Waals surface area contributed by atoms with Gasteiger partial charge in [0.15, 0.2) is 0 Å². The molecule has 2 N–H and O–H groups in total. The van der Waals surface area contributed by atoms with Gasteiger partial charge in [0.25, 0.3) is 0 Å². The number of carbonyl (C=O) groups excluding carboxylic acids is 2. The molecule has 0 radical (unpaired) electrons. The summed E-state index contributed by atoms with van der Waals surface area (Å²) < 4.78 is 5.30. The Labute approximate surface area is 122 Å². The molecule has 1 saturated heterocycles. The summed E-state index contributed by atoms with van der Waals surface area (Å²) in [6.45, 7) is 7.93. The molecule has 0 unspecified atom stereocenters. The first-order valence-corrected chi connectivity index (χ1v) is 6.99. The van der Waals surface area contributed by atoms with E-state index < -0.39 is 5.60 Å². The number of piperidine rings is 1. The van der Waals surface area contributed by atoms with Crippen molar-refractivity contribution in [1.82, 2.24) is 9.80 Å². The SMILES string of the molecule is CC(C)(C)OC(=O)N1CCC(CN)CC1.CN(C)C=O. The quantitative estimate of drug-likeness (QED) is 0.777. The second-order valence-electron chi connectivity index (χ2n) is 6.22. The summed E-state index contributed by atoms with van der Waals surface area (Å²) in [6, 6.07) is 0. The molecule has 0 aliphatic carbocycles. The van der Waals surface area contributed by atoms with Crippen LogP contribution in [0.5, 0.6) is 0 Å². The minimum absolute atomic E-state index is 0.196. The highest BCUT2D eigenvalue weighted by Gasteiger charge is 2.26. The largest absolute Gasteiger partial charge is 0.444 e. The van der Waals surface area contributed by atoms with Crippen molar-refractivity contribution in [2.75, 3.05) is 33.7 Å². The van der Waals surface area contributed by atoms with Crippen LogP contribution in [0, 0.1) is 5.92 Å². The van der Waals surface area contributed by atoms with Crippen molar-refractivity contribution in [2.45, 2.75) is 39.2 Å². The number of carbonyl (C=O) groups is 2. The van der Waals surface area contributed by atoms with Crippen molar-refractivity contribution < 1.29 is 14.3 Å². The molecule has 1 aliphatic heterocycles. The maximum Gasteiger partial charge on any atom is 0.410 e. The number of ether oxygens (including phenoxy) is 1. The molecule has 118 valence electrons. The van der Waals surface area contributed by atoms with Crippen LogP contribution in [0.1, 0.15) is 33.6 Å². The molecule has 0 aromatic carbocycles. The topological polar surface area (TPSA) is 75.9 Å². The molecule has 0 bridgehead atoms. The third-order valence-corrected chi connectivity index (χ3v) is 2.81. The highest BCUT2D eigenvalue weighted by molar-refractivity contribution is 5.68. The number of nitrogens with two attached hydrogens (primary N) is 1. The van der Waals surface area contributed by atoms with E-state index in [1.807, 2.05) is 20.8 Å². The standard InChI is InChI=1S/C11H22N2O2.C3H7NO/c1-11(2,3)15-10(14)13-6-4-9(8-12)5-7-13;1-4(2)3-5/h9H,4-8,12H2,1-3H3;3H,1-2H3. The Kier molecular flexibility index (Phi) is 8.22. The van der Waals surface area contributed by atoms with Gasteiger partial charge >= 0.3 is 6.09 Å². The fourth-order valence-corrected chi connectivity index (χ4v) is 1.68. The number of amides is 2. The van der Waals surface area contributed by atoms with Crippen LogP contribution in [-0.2, 0) is 9.53 Å². The van der Waals surface area contributed by atoms with Crippen LogP contribution in [0.3, 0.4) is 0 Å². The fourth-order valence-electron chi connectivity index (χ4n) is 1.68. The van der Waals surface area contributed by atoms with Crippen LogP contribution in [-0.4, -0.2) is 61.6 Å². The Morgan fingerprint density at radius 2 is 1.80 bits per heavy atom. The lowest BCUT2D eigenvalue weighted by atomic mass is 9.97. The summed E-state index contributed by atoms with van der Waals surface area (Å²) in [5.74, 6) is 0.573. The molecular weight excluding hydrogens is 258 g/mol. The zero-order valence-electron chi connectivity index (χ0n) is 13.4. The molecule has 6 nitrogen and oxygen atoms in total. The predicted molar refractivity (Wildman–Crippen MR) is 79.3 cm³/mol. The van der Waals surface area contributed by atoms with Crippen LogP contribution < -0.4 is 5.73 Å². The van der Waals surface area contributed by atoms with Gasteiger partial charge in [0.05, 0.1) is 0 Å². The summed E-state index contributed by atoms with van der Waals surface area (Å²) in [5.41, 5.74) is 5.19. The van der Waals surface area contributed by atoms with Crippen molar-refractivity contribution in [2.24, 2.45) is 11.7 Å². The van der Waals surface area contributed by atoms with Crippen molar-refractivity contribution >= 4 is 12.5 Å². The number of rotatable bonds is 2. The van der Waals surface area contributed by atoms with Gasteiger partial charge in [-0.2, -0.15) is 0 Å². The minimum Gasteiger partial charge on any atom is -0.444 e. The average Bonchev–Trinajstić information content (AvgIpc) is 2.37. The first-order valence-electron chi connectivity index (χ1n) is 6.99. The van der Waals surface area contributed by atoms with Crippen molar-refractivity contribution in [3.8, 4) is 0 Å². The van der Waals surface area contributed by atoms with Crippen molar-refractivity contribution in [1.29, 1.82) is 0 Å². The monoisotopic (exact) mass is 287 g/mol. The summed E-state index contributed by atoms with van der Waals surface area (Å²) >= 11 is 0. The Bertz CT molecular complexity index is 293. The first kappa shape index (κ1) is 18.7. The van der Waals surface area contributed by atoms with E-state index in [2.05, 4.69) is 0 Å². The van der Waals surface area contributed by atoms with Crippen LogP contribution in [0.2, 0.25) is 0 Å². The number of likely N-dealkylation sites (tertiary alicyclic amines) is 1. The van der Waals surface area contributed by atoms with E-state index in [0.717, 1.165) is 38.9 Å². The molecule has 0 saturated carbocycles. The molecule has 0 spiro atoms. The average molecular weight is 287 g/mol. The molecule has 1 rings (SSSR count). The fraction of sp³-hybridized carbons (Fsp3) is 0.857. The van der Waals surface area contributed by atoms with Gasteiger partial charge in [-0.3, -0.25) is 4.79 Å².